The van der Waals surface area contributed by atoms with Gasteiger partial charge in [-0.3, -0.25) is 14.7 Å². The lowest BCUT2D eigenvalue weighted by Crippen LogP contribution is -2.24. The van der Waals surface area contributed by atoms with Crippen molar-refractivity contribution in [2.75, 3.05) is 25.6 Å². The Morgan fingerprint density at radius 2 is 2.09 bits per heavy atom. The van der Waals surface area contributed by atoms with Crippen LogP contribution in [0.1, 0.15) is 17.4 Å². The molecular formula is C15H18N4O4. The van der Waals surface area contributed by atoms with Gasteiger partial charge in [-0.15, -0.1) is 5.10 Å². The standard InChI is InChI=1S/C15H18N4O4/c1-3-22-14-8-12(18-19-14)15(21)17-10-5-4-6-11(7-10)23-9-13(20)16-2/h4-8H,3,9H2,1-2H3,(H,16,20)(H,17,21)(H,18,19). The molecule has 2 amide bonds. The van der Waals surface area contributed by atoms with Crippen molar-refractivity contribution < 1.29 is 19.1 Å². The van der Waals surface area contributed by atoms with Gasteiger partial charge >= 0.3 is 0 Å². The predicted molar refractivity (Wildman–Crippen MR) is 83.7 cm³/mol. The van der Waals surface area contributed by atoms with Gasteiger partial charge in [0.05, 0.1) is 6.61 Å². The largest absolute Gasteiger partial charge is 0.484 e. The number of carbonyl (C=O) groups is 2. The summed E-state index contributed by atoms with van der Waals surface area (Å²) < 4.78 is 10.5. The average Bonchev–Trinajstić information content (AvgIpc) is 3.02. The van der Waals surface area contributed by atoms with Gasteiger partial charge in [0.25, 0.3) is 11.8 Å². The summed E-state index contributed by atoms with van der Waals surface area (Å²) in [5.41, 5.74) is 0.821. The summed E-state index contributed by atoms with van der Waals surface area (Å²) >= 11 is 0. The summed E-state index contributed by atoms with van der Waals surface area (Å²) in [6.07, 6.45) is 0. The molecule has 0 unspecified atom stereocenters. The van der Waals surface area contributed by atoms with E-state index in [9.17, 15) is 9.59 Å². The Morgan fingerprint density at radius 1 is 1.26 bits per heavy atom. The van der Waals surface area contributed by atoms with Crippen LogP contribution in [0.15, 0.2) is 30.3 Å². The minimum absolute atomic E-state index is 0.0911. The van der Waals surface area contributed by atoms with E-state index in [1.54, 1.807) is 24.3 Å². The highest BCUT2D eigenvalue weighted by molar-refractivity contribution is 6.03. The van der Waals surface area contributed by atoms with Crippen LogP contribution < -0.4 is 20.1 Å². The number of aromatic amines is 1. The molecule has 0 fully saturated rings. The molecule has 3 N–H and O–H groups in total. The maximum atomic E-state index is 12.1. The molecule has 0 saturated heterocycles. The fraction of sp³-hybridized carbons (Fsp3) is 0.267. The van der Waals surface area contributed by atoms with E-state index in [4.69, 9.17) is 9.47 Å². The third kappa shape index (κ3) is 4.73. The van der Waals surface area contributed by atoms with Crippen molar-refractivity contribution in [2.24, 2.45) is 0 Å². The van der Waals surface area contributed by atoms with Crippen molar-refractivity contribution in [3.63, 3.8) is 0 Å². The summed E-state index contributed by atoms with van der Waals surface area (Å²) in [4.78, 5) is 23.3. The van der Waals surface area contributed by atoms with Crippen molar-refractivity contribution in [2.45, 2.75) is 6.92 Å². The smallest absolute Gasteiger partial charge is 0.273 e. The molecule has 0 aliphatic rings. The lowest BCUT2D eigenvalue weighted by molar-refractivity contribution is -0.122. The molecule has 1 heterocycles. The van der Waals surface area contributed by atoms with Crippen molar-refractivity contribution >= 4 is 17.5 Å². The summed E-state index contributed by atoms with van der Waals surface area (Å²) in [7, 11) is 1.53. The quantitative estimate of drug-likeness (QED) is 0.711. The summed E-state index contributed by atoms with van der Waals surface area (Å²) in [6, 6.07) is 8.27. The second-order valence-electron chi connectivity index (χ2n) is 4.50. The van der Waals surface area contributed by atoms with Gasteiger partial charge in [0.15, 0.2) is 6.61 Å². The van der Waals surface area contributed by atoms with Gasteiger partial charge in [-0.2, -0.15) is 0 Å². The van der Waals surface area contributed by atoms with Crippen LogP contribution in [0.2, 0.25) is 0 Å². The zero-order valence-electron chi connectivity index (χ0n) is 12.9. The first kappa shape index (κ1) is 16.3. The number of carbonyl (C=O) groups excluding carboxylic acids is 2. The molecule has 1 aromatic carbocycles. The number of hydrogen-bond donors (Lipinski definition) is 3. The number of H-pyrrole nitrogens is 1. The number of amides is 2. The number of nitrogens with one attached hydrogen (secondary N) is 3. The van der Waals surface area contributed by atoms with Crippen molar-refractivity contribution in [1.82, 2.24) is 15.5 Å². The van der Waals surface area contributed by atoms with Crippen LogP contribution >= 0.6 is 0 Å². The van der Waals surface area contributed by atoms with Gasteiger partial charge in [0.1, 0.15) is 11.4 Å². The molecule has 2 rings (SSSR count). The van der Waals surface area contributed by atoms with Crippen molar-refractivity contribution in [3.8, 4) is 11.6 Å². The summed E-state index contributed by atoms with van der Waals surface area (Å²) in [5, 5.41) is 11.6. The minimum Gasteiger partial charge on any atom is -0.484 e. The molecule has 2 aromatic rings. The minimum atomic E-state index is -0.355. The first-order chi connectivity index (χ1) is 11.1. The first-order valence-electron chi connectivity index (χ1n) is 7.05. The fourth-order valence-corrected chi connectivity index (χ4v) is 1.72. The highest BCUT2D eigenvalue weighted by atomic mass is 16.5. The molecule has 23 heavy (non-hydrogen) atoms. The first-order valence-corrected chi connectivity index (χ1v) is 7.05. The van der Waals surface area contributed by atoms with E-state index >= 15 is 0 Å². The number of benzene rings is 1. The van der Waals surface area contributed by atoms with E-state index < -0.39 is 0 Å². The summed E-state index contributed by atoms with van der Waals surface area (Å²) in [6.45, 7) is 2.21. The number of anilines is 1. The predicted octanol–water partition coefficient (Wildman–Crippen LogP) is 1.19. The molecule has 8 heteroatoms. The van der Waals surface area contributed by atoms with Gasteiger partial charge in [-0.25, -0.2) is 0 Å². The molecule has 0 spiro atoms. The van der Waals surface area contributed by atoms with Crippen LogP contribution in [-0.4, -0.2) is 42.3 Å². The highest BCUT2D eigenvalue weighted by Crippen LogP contribution is 2.18. The Hall–Kier alpha value is -3.03. The van der Waals surface area contributed by atoms with Gasteiger partial charge in [-0.05, 0) is 19.1 Å². The molecule has 122 valence electrons. The Morgan fingerprint density at radius 3 is 2.83 bits per heavy atom. The lowest BCUT2D eigenvalue weighted by atomic mass is 10.3. The highest BCUT2D eigenvalue weighted by Gasteiger charge is 2.11. The maximum absolute atomic E-state index is 12.1. The molecule has 0 aliphatic heterocycles. The van der Waals surface area contributed by atoms with E-state index in [0.29, 0.717) is 23.9 Å². The number of aromatic nitrogens is 2. The molecule has 0 saturated carbocycles. The van der Waals surface area contributed by atoms with Gasteiger partial charge in [0, 0.05) is 24.9 Å². The number of rotatable bonds is 7. The van der Waals surface area contributed by atoms with Gasteiger partial charge in [0.2, 0.25) is 5.88 Å². The van der Waals surface area contributed by atoms with Crippen LogP contribution in [0.3, 0.4) is 0 Å². The Kier molecular flexibility index (Phi) is 5.56. The second kappa shape index (κ2) is 7.83. The maximum Gasteiger partial charge on any atom is 0.273 e. The van der Waals surface area contributed by atoms with Crippen molar-refractivity contribution in [3.05, 3.63) is 36.0 Å². The fourth-order valence-electron chi connectivity index (χ4n) is 1.72. The van der Waals surface area contributed by atoms with E-state index in [1.807, 2.05) is 6.92 Å². The zero-order valence-corrected chi connectivity index (χ0v) is 12.9. The van der Waals surface area contributed by atoms with Crippen LogP contribution in [0, 0.1) is 0 Å². The van der Waals surface area contributed by atoms with Crippen LogP contribution in [-0.2, 0) is 4.79 Å². The Bertz CT molecular complexity index is 684. The number of hydrogen-bond acceptors (Lipinski definition) is 5. The van der Waals surface area contributed by atoms with E-state index in [1.165, 1.54) is 13.1 Å². The molecule has 0 atom stereocenters. The Labute approximate surface area is 133 Å². The monoisotopic (exact) mass is 318 g/mol. The van der Waals surface area contributed by atoms with E-state index in [-0.39, 0.29) is 24.1 Å². The van der Waals surface area contributed by atoms with Gasteiger partial charge in [-0.1, -0.05) is 6.07 Å². The van der Waals surface area contributed by atoms with Crippen molar-refractivity contribution in [1.29, 1.82) is 0 Å². The molecule has 1 aromatic heterocycles. The van der Waals surface area contributed by atoms with Gasteiger partial charge < -0.3 is 20.1 Å². The second-order valence-corrected chi connectivity index (χ2v) is 4.50. The molecule has 8 nitrogen and oxygen atoms in total. The SMILES string of the molecule is CCOc1cc(C(=O)Nc2cccc(OCC(=O)NC)c2)[nH]n1. The third-order valence-corrected chi connectivity index (χ3v) is 2.83. The average molecular weight is 318 g/mol. The number of likely N-dealkylation sites (N-methyl/N-ethyl adjacent to an activating group) is 1. The van der Waals surface area contributed by atoms with Crippen LogP contribution in [0.5, 0.6) is 11.6 Å². The molecule has 0 bridgehead atoms. The zero-order chi connectivity index (χ0) is 16.7. The lowest BCUT2D eigenvalue weighted by Gasteiger charge is -2.08. The van der Waals surface area contributed by atoms with Crippen LogP contribution in [0.4, 0.5) is 5.69 Å². The number of nitrogens with zero attached hydrogens (tertiary/aromatic N) is 1. The molecule has 0 aliphatic carbocycles. The normalized spacial score (nSPS) is 10.0. The van der Waals surface area contributed by atoms with E-state index in [2.05, 4.69) is 20.8 Å². The molecule has 0 radical (unpaired) electrons. The Balaban J connectivity index is 1.98. The van der Waals surface area contributed by atoms with E-state index in [0.717, 1.165) is 0 Å². The summed E-state index contributed by atoms with van der Waals surface area (Å²) in [5.74, 6) is 0.249. The van der Waals surface area contributed by atoms with Crippen LogP contribution in [0.25, 0.3) is 0 Å². The molecular weight excluding hydrogens is 300 g/mol. The number of ether oxygens (including phenoxy) is 2. The third-order valence-electron chi connectivity index (χ3n) is 2.83. The topological polar surface area (TPSA) is 105 Å².